The Bertz CT molecular complexity index is 1130. The molecule has 1 saturated heterocycles. The molecule has 0 spiro atoms. The molecule has 0 radical (unpaired) electrons. The highest BCUT2D eigenvalue weighted by Crippen LogP contribution is 2.38. The summed E-state index contributed by atoms with van der Waals surface area (Å²) in [7, 11) is -1.53. The largest absolute Gasteiger partial charge is 0.417 e. The SMILES string of the molecule is Cc1cc(C(F)(F)F)c(C#N)c(N2CS(=O)C[C@@H]2C(=O)N(c2ccc(F)cc2)C2CC2)n1. The molecule has 0 N–H and O–H groups in total. The monoisotopic (exact) mass is 466 g/mol. The van der Waals surface area contributed by atoms with E-state index < -0.39 is 45.9 Å². The highest BCUT2D eigenvalue weighted by Gasteiger charge is 2.45. The van der Waals surface area contributed by atoms with E-state index >= 15 is 0 Å². The van der Waals surface area contributed by atoms with Gasteiger partial charge >= 0.3 is 6.18 Å². The normalized spacial score (nSPS) is 20.8. The number of nitrogens with zero attached hydrogens (tertiary/aromatic N) is 4. The number of nitriles is 1. The predicted molar refractivity (Wildman–Crippen MR) is 110 cm³/mol. The van der Waals surface area contributed by atoms with Gasteiger partial charge in [0.25, 0.3) is 5.91 Å². The molecule has 2 aromatic rings. The average Bonchev–Trinajstić information content (AvgIpc) is 3.48. The second kappa shape index (κ2) is 8.16. The van der Waals surface area contributed by atoms with Crippen LogP contribution < -0.4 is 9.80 Å². The maximum atomic E-state index is 13.5. The number of hydrogen-bond acceptors (Lipinski definition) is 5. The lowest BCUT2D eigenvalue weighted by molar-refractivity contribution is -0.137. The fraction of sp³-hybridized carbons (Fsp3) is 0.381. The van der Waals surface area contributed by atoms with Crippen molar-refractivity contribution in [2.45, 2.75) is 38.0 Å². The summed E-state index contributed by atoms with van der Waals surface area (Å²) in [5.74, 6) is -1.57. The Morgan fingerprint density at radius 2 is 1.94 bits per heavy atom. The maximum Gasteiger partial charge on any atom is 0.417 e. The van der Waals surface area contributed by atoms with Crippen molar-refractivity contribution >= 4 is 28.2 Å². The van der Waals surface area contributed by atoms with Crippen molar-refractivity contribution in [1.82, 2.24) is 4.98 Å². The van der Waals surface area contributed by atoms with E-state index in [1.807, 2.05) is 0 Å². The summed E-state index contributed by atoms with van der Waals surface area (Å²) in [6.07, 6.45) is -3.34. The van der Waals surface area contributed by atoms with Crippen LogP contribution in [-0.2, 0) is 21.8 Å². The summed E-state index contributed by atoms with van der Waals surface area (Å²) in [5.41, 5.74) is -1.39. The first-order chi connectivity index (χ1) is 15.1. The molecule has 1 aliphatic carbocycles. The topological polar surface area (TPSA) is 77.3 Å². The molecule has 2 atom stereocenters. The van der Waals surface area contributed by atoms with E-state index in [1.165, 1.54) is 41.0 Å². The minimum absolute atomic E-state index is 0.0211. The Balaban J connectivity index is 1.77. The van der Waals surface area contributed by atoms with Crippen LogP contribution in [0.3, 0.4) is 0 Å². The zero-order valence-electron chi connectivity index (χ0n) is 16.9. The Labute approximate surface area is 183 Å². The van der Waals surface area contributed by atoms with Gasteiger partial charge in [0.2, 0.25) is 0 Å². The van der Waals surface area contributed by atoms with Gasteiger partial charge in [0.05, 0.1) is 17.2 Å². The van der Waals surface area contributed by atoms with Crippen LogP contribution in [-0.4, -0.2) is 38.8 Å². The lowest BCUT2D eigenvalue weighted by Crippen LogP contribution is -2.49. The summed E-state index contributed by atoms with van der Waals surface area (Å²) >= 11 is 0. The van der Waals surface area contributed by atoms with Crippen LogP contribution in [0, 0.1) is 24.1 Å². The third-order valence-corrected chi connectivity index (χ3v) is 6.61. The number of carbonyl (C=O) groups excluding carboxylic acids is 1. The third kappa shape index (κ3) is 4.19. The first-order valence-corrected chi connectivity index (χ1v) is 11.3. The van der Waals surface area contributed by atoms with E-state index in [0.29, 0.717) is 5.69 Å². The molecule has 2 aliphatic rings. The Kier molecular flexibility index (Phi) is 5.67. The highest BCUT2D eigenvalue weighted by molar-refractivity contribution is 7.85. The van der Waals surface area contributed by atoms with Crippen LogP contribution in [0.1, 0.15) is 29.7 Å². The number of rotatable bonds is 4. The number of amides is 1. The second-order valence-electron chi connectivity index (χ2n) is 7.76. The van der Waals surface area contributed by atoms with Gasteiger partial charge < -0.3 is 9.80 Å². The predicted octanol–water partition coefficient (Wildman–Crippen LogP) is 3.51. The minimum Gasteiger partial charge on any atom is -0.331 e. The number of hydrogen-bond donors (Lipinski definition) is 0. The lowest BCUT2D eigenvalue weighted by atomic mass is 10.1. The van der Waals surface area contributed by atoms with E-state index in [4.69, 9.17) is 0 Å². The number of anilines is 2. The Morgan fingerprint density at radius 3 is 2.50 bits per heavy atom. The van der Waals surface area contributed by atoms with Gasteiger partial charge in [0.15, 0.2) is 0 Å². The van der Waals surface area contributed by atoms with Crippen molar-refractivity contribution in [3.8, 4) is 6.07 Å². The molecule has 1 amide bonds. The number of pyridine rings is 1. The van der Waals surface area contributed by atoms with Crippen molar-refractivity contribution in [1.29, 1.82) is 5.26 Å². The molecule has 1 aromatic heterocycles. The summed E-state index contributed by atoms with van der Waals surface area (Å²) in [5, 5.41) is 9.49. The molecule has 168 valence electrons. The average molecular weight is 466 g/mol. The molecule has 0 bridgehead atoms. The molecule has 2 heterocycles. The number of halogens is 4. The van der Waals surface area contributed by atoms with Crippen LogP contribution in [0.2, 0.25) is 0 Å². The van der Waals surface area contributed by atoms with E-state index in [9.17, 15) is 31.8 Å². The molecule has 6 nitrogen and oxygen atoms in total. The molecule has 1 aliphatic heterocycles. The standard InChI is InChI=1S/C21H18F4N4O2S/c1-12-8-17(21(23,24)25)16(9-26)19(27-12)28-11-32(31)10-18(28)20(30)29(15-6-7-15)14-4-2-13(22)3-5-14/h2-5,8,15,18H,6-7,10-11H2,1H3/t18-,32?/m1/s1. The van der Waals surface area contributed by atoms with Gasteiger partial charge in [-0.05, 0) is 50.1 Å². The van der Waals surface area contributed by atoms with Crippen molar-refractivity contribution < 1.29 is 26.6 Å². The molecular formula is C21H18F4N4O2S. The van der Waals surface area contributed by atoms with E-state index in [-0.39, 0.29) is 29.2 Å². The van der Waals surface area contributed by atoms with Gasteiger partial charge in [-0.25, -0.2) is 9.37 Å². The van der Waals surface area contributed by atoms with Crippen LogP contribution in [0.4, 0.5) is 29.1 Å². The Morgan fingerprint density at radius 1 is 1.28 bits per heavy atom. The zero-order valence-corrected chi connectivity index (χ0v) is 17.7. The van der Waals surface area contributed by atoms with Gasteiger partial charge in [-0.2, -0.15) is 18.4 Å². The first-order valence-electron chi connectivity index (χ1n) is 9.79. The second-order valence-corrected chi connectivity index (χ2v) is 9.23. The minimum atomic E-state index is -4.79. The molecule has 32 heavy (non-hydrogen) atoms. The Hall–Kier alpha value is -3.00. The fourth-order valence-electron chi connectivity index (χ4n) is 3.79. The summed E-state index contributed by atoms with van der Waals surface area (Å²) in [6.45, 7) is 1.36. The van der Waals surface area contributed by atoms with E-state index in [1.54, 1.807) is 6.07 Å². The molecule has 11 heteroatoms. The van der Waals surface area contributed by atoms with Crippen molar-refractivity contribution in [2.24, 2.45) is 0 Å². The summed E-state index contributed by atoms with van der Waals surface area (Å²) in [6, 6.07) is 6.49. The van der Waals surface area contributed by atoms with E-state index in [0.717, 1.165) is 18.9 Å². The summed E-state index contributed by atoms with van der Waals surface area (Å²) in [4.78, 5) is 20.4. The number of carbonyl (C=O) groups is 1. The third-order valence-electron chi connectivity index (χ3n) is 5.36. The maximum absolute atomic E-state index is 13.5. The highest BCUT2D eigenvalue weighted by atomic mass is 32.2. The molecule has 1 unspecified atom stereocenters. The van der Waals surface area contributed by atoms with E-state index in [2.05, 4.69) is 4.98 Å². The van der Waals surface area contributed by atoms with Crippen LogP contribution in [0.15, 0.2) is 30.3 Å². The number of alkyl halides is 3. The van der Waals surface area contributed by atoms with Gasteiger partial charge in [-0.15, -0.1) is 0 Å². The first kappa shape index (κ1) is 22.2. The number of aryl methyl sites for hydroxylation is 1. The lowest BCUT2D eigenvalue weighted by Gasteiger charge is -2.31. The molecule has 1 aromatic carbocycles. The zero-order chi connectivity index (χ0) is 23.2. The van der Waals surface area contributed by atoms with Crippen molar-refractivity contribution in [3.63, 3.8) is 0 Å². The molecule has 4 rings (SSSR count). The van der Waals surface area contributed by atoms with Gasteiger partial charge in [0, 0.05) is 28.2 Å². The quantitative estimate of drug-likeness (QED) is 0.645. The van der Waals surface area contributed by atoms with Crippen LogP contribution >= 0.6 is 0 Å². The van der Waals surface area contributed by atoms with Gasteiger partial charge in [0.1, 0.15) is 29.3 Å². The van der Waals surface area contributed by atoms with Gasteiger partial charge in [-0.1, -0.05) is 0 Å². The van der Waals surface area contributed by atoms with Crippen molar-refractivity contribution in [3.05, 3.63) is 53.0 Å². The number of aromatic nitrogens is 1. The molecule has 2 fully saturated rings. The fourth-order valence-corrected chi connectivity index (χ4v) is 5.18. The summed E-state index contributed by atoms with van der Waals surface area (Å²) < 4.78 is 66.4. The molecular weight excluding hydrogens is 448 g/mol. The van der Waals surface area contributed by atoms with Crippen LogP contribution in [0.25, 0.3) is 0 Å². The smallest absolute Gasteiger partial charge is 0.331 e. The van der Waals surface area contributed by atoms with Gasteiger partial charge in [-0.3, -0.25) is 9.00 Å². The van der Waals surface area contributed by atoms with Crippen LogP contribution in [0.5, 0.6) is 0 Å². The molecule has 1 saturated carbocycles. The number of benzene rings is 1. The van der Waals surface area contributed by atoms with Crippen molar-refractivity contribution in [2.75, 3.05) is 21.4 Å².